The Balaban J connectivity index is 1.70. The third-order valence-corrected chi connectivity index (χ3v) is 5.44. The van der Waals surface area contributed by atoms with E-state index in [1.165, 1.54) is 35.7 Å². The van der Waals surface area contributed by atoms with Gasteiger partial charge >= 0.3 is 0 Å². The maximum Gasteiger partial charge on any atom is 0.0897 e. The van der Waals surface area contributed by atoms with E-state index in [2.05, 4.69) is 41.3 Å². The zero-order chi connectivity index (χ0) is 12.1. The molecule has 2 nitrogen and oxygen atoms in total. The van der Waals surface area contributed by atoms with Gasteiger partial charge in [-0.15, -0.1) is 11.3 Å². The molecular weight excluding hydrogens is 248 g/mol. The number of rotatable bonds is 6. The molecule has 1 N–H and O–H groups in total. The first-order valence-corrected chi connectivity index (χ1v) is 8.48. The summed E-state index contributed by atoms with van der Waals surface area (Å²) in [7, 11) is 0. The third kappa shape index (κ3) is 3.97. The van der Waals surface area contributed by atoms with Crippen molar-refractivity contribution in [3.63, 3.8) is 0 Å². The minimum absolute atomic E-state index is 0.736. The van der Waals surface area contributed by atoms with Gasteiger partial charge in [0.25, 0.3) is 0 Å². The second-order valence-corrected chi connectivity index (χ2v) is 7.17. The molecule has 1 fully saturated rings. The summed E-state index contributed by atoms with van der Waals surface area (Å²) in [6.45, 7) is 5.42. The molecule has 1 saturated carbocycles. The lowest BCUT2D eigenvalue weighted by Gasteiger charge is -2.19. The first kappa shape index (κ1) is 13.4. The highest BCUT2D eigenvalue weighted by molar-refractivity contribution is 7.99. The molecule has 0 amide bonds. The number of aromatic nitrogens is 1. The molecule has 1 aromatic rings. The van der Waals surface area contributed by atoms with Crippen molar-refractivity contribution in [1.29, 1.82) is 0 Å². The van der Waals surface area contributed by atoms with Crippen molar-refractivity contribution in [3.05, 3.63) is 16.1 Å². The van der Waals surface area contributed by atoms with Crippen molar-refractivity contribution in [2.45, 2.75) is 50.8 Å². The van der Waals surface area contributed by atoms with Crippen LogP contribution in [-0.4, -0.2) is 28.6 Å². The monoisotopic (exact) mass is 270 g/mol. The number of hydrogen-bond donors (Lipinski definition) is 1. The van der Waals surface area contributed by atoms with Gasteiger partial charge in [-0.1, -0.05) is 13.3 Å². The quantitative estimate of drug-likeness (QED) is 0.859. The molecule has 0 radical (unpaired) electrons. The summed E-state index contributed by atoms with van der Waals surface area (Å²) >= 11 is 3.87. The number of aryl methyl sites for hydroxylation is 1. The van der Waals surface area contributed by atoms with E-state index in [0.29, 0.717) is 0 Å². The highest BCUT2D eigenvalue weighted by atomic mass is 32.2. The van der Waals surface area contributed by atoms with Gasteiger partial charge in [0, 0.05) is 29.6 Å². The van der Waals surface area contributed by atoms with Gasteiger partial charge in [-0.3, -0.25) is 0 Å². The summed E-state index contributed by atoms with van der Waals surface area (Å²) in [4.78, 5) is 4.50. The van der Waals surface area contributed by atoms with E-state index < -0.39 is 0 Å². The Morgan fingerprint density at radius 3 is 3.12 bits per heavy atom. The number of hydrogen-bond acceptors (Lipinski definition) is 4. The van der Waals surface area contributed by atoms with Gasteiger partial charge in [-0.05, 0) is 25.5 Å². The maximum atomic E-state index is 4.50. The summed E-state index contributed by atoms with van der Waals surface area (Å²) in [6, 6.07) is 0.736. The summed E-state index contributed by atoms with van der Waals surface area (Å²) in [5.41, 5.74) is 1.25. The van der Waals surface area contributed by atoms with Gasteiger partial charge in [-0.2, -0.15) is 11.8 Å². The molecule has 1 aromatic heterocycles. The Kier molecular flexibility index (Phi) is 5.32. The van der Waals surface area contributed by atoms with Crippen LogP contribution in [-0.2, 0) is 6.42 Å². The predicted molar refractivity (Wildman–Crippen MR) is 78.1 cm³/mol. The number of thiazole rings is 1. The zero-order valence-electron chi connectivity index (χ0n) is 10.7. The molecule has 1 aliphatic rings. The largest absolute Gasteiger partial charge is 0.312 e. The molecule has 0 bridgehead atoms. The van der Waals surface area contributed by atoms with Crippen LogP contribution in [0.2, 0.25) is 0 Å². The molecule has 0 saturated heterocycles. The van der Waals surface area contributed by atoms with Gasteiger partial charge in [0.05, 0.1) is 10.7 Å². The molecule has 2 unspecified atom stereocenters. The third-order valence-electron chi connectivity index (χ3n) is 3.29. The number of nitrogens with zero attached hydrogens (tertiary/aromatic N) is 1. The van der Waals surface area contributed by atoms with Crippen molar-refractivity contribution in [2.24, 2.45) is 0 Å². The summed E-state index contributed by atoms with van der Waals surface area (Å²) < 4.78 is 0. The van der Waals surface area contributed by atoms with Gasteiger partial charge in [0.1, 0.15) is 0 Å². The highest BCUT2D eigenvalue weighted by Gasteiger charge is 2.26. The molecule has 96 valence electrons. The van der Waals surface area contributed by atoms with E-state index in [1.54, 1.807) is 11.3 Å². The van der Waals surface area contributed by atoms with Gasteiger partial charge in [0.2, 0.25) is 0 Å². The van der Waals surface area contributed by atoms with Crippen LogP contribution in [0.4, 0.5) is 0 Å². The number of thioether (sulfide) groups is 1. The lowest BCUT2D eigenvalue weighted by atomic mass is 10.2. The first-order valence-electron chi connectivity index (χ1n) is 6.55. The van der Waals surface area contributed by atoms with Crippen LogP contribution in [0, 0.1) is 6.92 Å². The van der Waals surface area contributed by atoms with Gasteiger partial charge < -0.3 is 5.32 Å². The number of nitrogens with one attached hydrogen (secondary N) is 1. The second-order valence-electron chi connectivity index (χ2n) is 4.59. The highest BCUT2D eigenvalue weighted by Crippen LogP contribution is 2.29. The van der Waals surface area contributed by atoms with Crippen molar-refractivity contribution in [2.75, 3.05) is 12.3 Å². The predicted octanol–water partition coefficient (Wildman–Crippen LogP) is 3.26. The van der Waals surface area contributed by atoms with Gasteiger partial charge in [0.15, 0.2) is 0 Å². The Bertz CT molecular complexity index is 338. The van der Waals surface area contributed by atoms with Crippen molar-refractivity contribution in [3.8, 4) is 0 Å². The molecule has 4 heteroatoms. The molecule has 1 aliphatic carbocycles. The van der Waals surface area contributed by atoms with E-state index in [0.717, 1.165) is 24.3 Å². The SMILES string of the molecule is CCSC1CCCC1NCCc1csc(C)n1. The van der Waals surface area contributed by atoms with Crippen LogP contribution < -0.4 is 5.32 Å². The van der Waals surface area contributed by atoms with Crippen LogP contribution in [0.5, 0.6) is 0 Å². The van der Waals surface area contributed by atoms with Crippen molar-refractivity contribution in [1.82, 2.24) is 10.3 Å². The Morgan fingerprint density at radius 2 is 2.41 bits per heavy atom. The smallest absolute Gasteiger partial charge is 0.0897 e. The van der Waals surface area contributed by atoms with Crippen LogP contribution in [0.1, 0.15) is 36.9 Å². The molecule has 17 heavy (non-hydrogen) atoms. The van der Waals surface area contributed by atoms with Gasteiger partial charge in [-0.25, -0.2) is 4.98 Å². The molecule has 0 aliphatic heterocycles. The average Bonchev–Trinajstić information content (AvgIpc) is 2.90. The molecule has 1 heterocycles. The lowest BCUT2D eigenvalue weighted by Crippen LogP contribution is -2.35. The van der Waals surface area contributed by atoms with Crippen molar-refractivity contribution >= 4 is 23.1 Å². The Labute approximate surface area is 113 Å². The fourth-order valence-corrected chi connectivity index (χ4v) is 4.36. The molecule has 2 atom stereocenters. The second kappa shape index (κ2) is 6.76. The molecule has 0 aromatic carbocycles. The Hall–Kier alpha value is -0.0600. The zero-order valence-corrected chi connectivity index (χ0v) is 12.4. The van der Waals surface area contributed by atoms with E-state index in [4.69, 9.17) is 0 Å². The summed E-state index contributed by atoms with van der Waals surface area (Å²) in [5, 5.41) is 7.93. The fraction of sp³-hybridized carbons (Fsp3) is 0.769. The minimum atomic E-state index is 0.736. The van der Waals surface area contributed by atoms with Crippen LogP contribution in [0.25, 0.3) is 0 Å². The normalized spacial score (nSPS) is 24.4. The summed E-state index contributed by atoms with van der Waals surface area (Å²) in [6.07, 6.45) is 5.22. The minimum Gasteiger partial charge on any atom is -0.312 e. The van der Waals surface area contributed by atoms with E-state index >= 15 is 0 Å². The lowest BCUT2D eigenvalue weighted by molar-refractivity contribution is 0.534. The molecule has 2 rings (SSSR count). The fourth-order valence-electron chi connectivity index (χ4n) is 2.48. The van der Waals surface area contributed by atoms with Crippen LogP contribution in [0.15, 0.2) is 5.38 Å². The standard InChI is InChI=1S/C13H22N2S2/c1-3-16-13-6-4-5-12(13)14-8-7-11-9-17-10(2)15-11/h9,12-14H,3-8H2,1-2H3. The van der Waals surface area contributed by atoms with E-state index in [1.807, 2.05) is 0 Å². The Morgan fingerprint density at radius 1 is 1.53 bits per heavy atom. The van der Waals surface area contributed by atoms with Crippen LogP contribution in [0.3, 0.4) is 0 Å². The first-order chi connectivity index (χ1) is 8.29. The molecular formula is C13H22N2S2. The van der Waals surface area contributed by atoms with Crippen LogP contribution >= 0.6 is 23.1 Å². The van der Waals surface area contributed by atoms with Crippen molar-refractivity contribution < 1.29 is 0 Å². The topological polar surface area (TPSA) is 24.9 Å². The summed E-state index contributed by atoms with van der Waals surface area (Å²) in [5.74, 6) is 1.24. The maximum absolute atomic E-state index is 4.50. The average molecular weight is 270 g/mol. The van der Waals surface area contributed by atoms with E-state index in [9.17, 15) is 0 Å². The van der Waals surface area contributed by atoms with E-state index in [-0.39, 0.29) is 0 Å². The molecule has 0 spiro atoms.